The number of hydrogen-bond donors (Lipinski definition) is 0. The molecule has 2 aliphatic heterocycles. The quantitative estimate of drug-likeness (QED) is 0.677. The van der Waals surface area contributed by atoms with Gasteiger partial charge in [0, 0.05) is 31.7 Å². The zero-order valence-corrected chi connectivity index (χ0v) is 20.0. The van der Waals surface area contributed by atoms with Crippen molar-refractivity contribution in [3.05, 3.63) is 33.8 Å². The Hall–Kier alpha value is -1.14. The summed E-state index contributed by atoms with van der Waals surface area (Å²) in [6.07, 6.45) is 2.50. The number of amides is 1. The van der Waals surface area contributed by atoms with Crippen molar-refractivity contribution >= 4 is 34.9 Å². The molecule has 2 fully saturated rings. The number of piperazine rings is 1. The minimum atomic E-state index is -0.830. The Morgan fingerprint density at radius 3 is 2.27 bits per heavy atom. The smallest absolute Gasteiger partial charge is 0.227 e. The van der Waals surface area contributed by atoms with Gasteiger partial charge in [0.05, 0.1) is 16.5 Å². The van der Waals surface area contributed by atoms with Crippen molar-refractivity contribution in [2.75, 3.05) is 39.3 Å². The Labute approximate surface area is 190 Å². The fourth-order valence-corrected chi connectivity index (χ4v) is 4.95. The van der Waals surface area contributed by atoms with E-state index in [4.69, 9.17) is 23.2 Å². The number of ketones is 1. The second-order valence-electron chi connectivity index (χ2n) is 9.63. The highest BCUT2D eigenvalue weighted by molar-refractivity contribution is 6.42. The highest BCUT2D eigenvalue weighted by Gasteiger charge is 2.50. The van der Waals surface area contributed by atoms with Crippen LogP contribution in [0.4, 0.5) is 0 Å². The lowest BCUT2D eigenvalue weighted by Crippen LogP contribution is -2.72. The average molecular weight is 454 g/mol. The zero-order valence-electron chi connectivity index (χ0n) is 18.5. The number of carbonyl (C=O) groups is 2. The maximum atomic E-state index is 13.5. The molecule has 2 saturated heterocycles. The van der Waals surface area contributed by atoms with Gasteiger partial charge in [-0.05, 0) is 71.3 Å². The molecule has 166 valence electrons. The molecule has 0 N–H and O–H groups in total. The third-order valence-electron chi connectivity index (χ3n) is 6.49. The van der Waals surface area contributed by atoms with E-state index in [-0.39, 0.29) is 23.7 Å². The molecule has 3 rings (SSSR count). The van der Waals surface area contributed by atoms with Gasteiger partial charge in [-0.15, -0.1) is 0 Å². The largest absolute Gasteiger partial charge is 0.326 e. The van der Waals surface area contributed by atoms with Crippen molar-refractivity contribution in [2.45, 2.75) is 58.0 Å². The topological polar surface area (TPSA) is 43.9 Å². The summed E-state index contributed by atoms with van der Waals surface area (Å²) in [6, 6.07) is 5.28. The number of nitrogens with zero attached hydrogens (tertiary/aromatic N) is 3. The van der Waals surface area contributed by atoms with E-state index in [0.29, 0.717) is 29.7 Å². The zero-order chi connectivity index (χ0) is 22.1. The molecule has 0 saturated carbocycles. The van der Waals surface area contributed by atoms with Crippen LogP contribution in [0.25, 0.3) is 0 Å². The van der Waals surface area contributed by atoms with Crippen molar-refractivity contribution in [1.82, 2.24) is 14.7 Å². The van der Waals surface area contributed by atoms with E-state index < -0.39 is 5.54 Å². The number of hydrogen-bond acceptors (Lipinski definition) is 4. The first-order valence-corrected chi connectivity index (χ1v) is 11.5. The van der Waals surface area contributed by atoms with Crippen LogP contribution in [-0.2, 0) is 16.0 Å². The van der Waals surface area contributed by atoms with Gasteiger partial charge in [0.1, 0.15) is 5.54 Å². The predicted octanol–water partition coefficient (Wildman–Crippen LogP) is 3.90. The highest BCUT2D eigenvalue weighted by atomic mass is 35.5. The molecule has 0 aromatic heterocycles. The normalized spacial score (nSPS) is 23.7. The van der Waals surface area contributed by atoms with Gasteiger partial charge < -0.3 is 9.80 Å². The number of likely N-dealkylation sites (tertiary alicyclic amines) is 1. The van der Waals surface area contributed by atoms with Crippen LogP contribution in [0.2, 0.25) is 10.0 Å². The van der Waals surface area contributed by atoms with Crippen LogP contribution < -0.4 is 0 Å². The van der Waals surface area contributed by atoms with Crippen LogP contribution in [-0.4, -0.2) is 76.7 Å². The molecule has 1 aromatic rings. The molecular formula is C23H33Cl2N3O2. The number of carbonyl (C=O) groups excluding carboxylic acids is 2. The van der Waals surface area contributed by atoms with E-state index in [9.17, 15) is 9.59 Å². The van der Waals surface area contributed by atoms with E-state index in [1.54, 1.807) is 19.1 Å². The summed E-state index contributed by atoms with van der Waals surface area (Å²) in [5, 5.41) is 0.910. The van der Waals surface area contributed by atoms with Gasteiger partial charge in [-0.3, -0.25) is 14.5 Å². The van der Waals surface area contributed by atoms with Crippen molar-refractivity contribution in [2.24, 2.45) is 0 Å². The van der Waals surface area contributed by atoms with Gasteiger partial charge in [-0.1, -0.05) is 29.3 Å². The van der Waals surface area contributed by atoms with Gasteiger partial charge in [-0.2, -0.15) is 0 Å². The van der Waals surface area contributed by atoms with Crippen LogP contribution in [0.5, 0.6) is 0 Å². The van der Waals surface area contributed by atoms with Gasteiger partial charge in [0.2, 0.25) is 5.91 Å². The SMILES string of the molecule is CC(=O)[C@@]1(CN2CCCC2)CN(C(C)(C)C)CCN1C(=O)Cc1ccc(Cl)c(Cl)c1. The Kier molecular flexibility index (Phi) is 7.18. The standard InChI is InChI=1S/C23H33Cl2N3O2/c1-17(29)23(15-26-9-5-6-10-26)16-27(22(2,3)4)11-12-28(23)21(30)14-18-7-8-19(24)20(25)13-18/h7-8,13H,5-6,9-12,14-16H2,1-4H3/t23-/m1/s1. The van der Waals surface area contributed by atoms with E-state index in [1.807, 2.05) is 11.0 Å². The van der Waals surface area contributed by atoms with E-state index in [2.05, 4.69) is 30.6 Å². The van der Waals surface area contributed by atoms with Crippen molar-refractivity contribution < 1.29 is 9.59 Å². The maximum absolute atomic E-state index is 13.5. The summed E-state index contributed by atoms with van der Waals surface area (Å²) < 4.78 is 0. The molecule has 1 atom stereocenters. The number of benzene rings is 1. The molecule has 0 aliphatic carbocycles. The van der Waals surface area contributed by atoms with Crippen LogP contribution in [0.15, 0.2) is 18.2 Å². The van der Waals surface area contributed by atoms with Crippen LogP contribution in [0.3, 0.4) is 0 Å². The number of rotatable bonds is 5. The fourth-order valence-electron chi connectivity index (χ4n) is 4.63. The van der Waals surface area contributed by atoms with E-state index in [1.165, 1.54) is 0 Å². The van der Waals surface area contributed by atoms with Crippen molar-refractivity contribution in [1.29, 1.82) is 0 Å². The van der Waals surface area contributed by atoms with Gasteiger partial charge in [0.25, 0.3) is 0 Å². The second kappa shape index (κ2) is 9.15. The van der Waals surface area contributed by atoms with Gasteiger partial charge >= 0.3 is 0 Å². The molecule has 0 radical (unpaired) electrons. The number of halogens is 2. The Balaban J connectivity index is 1.91. The molecule has 0 bridgehead atoms. The molecule has 30 heavy (non-hydrogen) atoms. The summed E-state index contributed by atoms with van der Waals surface area (Å²) >= 11 is 12.2. The molecule has 0 spiro atoms. The summed E-state index contributed by atoms with van der Waals surface area (Å²) in [4.78, 5) is 33.2. The summed E-state index contributed by atoms with van der Waals surface area (Å²) in [6.45, 7) is 12.6. The molecular weight excluding hydrogens is 421 g/mol. The monoisotopic (exact) mass is 453 g/mol. The Bertz CT molecular complexity index is 802. The van der Waals surface area contributed by atoms with Crippen LogP contribution in [0, 0.1) is 0 Å². The minimum Gasteiger partial charge on any atom is -0.326 e. The summed E-state index contributed by atoms with van der Waals surface area (Å²) in [7, 11) is 0. The molecule has 5 nitrogen and oxygen atoms in total. The predicted molar refractivity (Wildman–Crippen MR) is 122 cm³/mol. The van der Waals surface area contributed by atoms with Crippen LogP contribution >= 0.6 is 23.2 Å². The lowest BCUT2D eigenvalue weighted by molar-refractivity contribution is -0.155. The third-order valence-corrected chi connectivity index (χ3v) is 7.23. The second-order valence-corrected chi connectivity index (χ2v) is 10.4. The first kappa shape index (κ1) is 23.5. The first-order chi connectivity index (χ1) is 14.0. The maximum Gasteiger partial charge on any atom is 0.227 e. The van der Waals surface area contributed by atoms with Crippen molar-refractivity contribution in [3.8, 4) is 0 Å². The Morgan fingerprint density at radius 2 is 1.70 bits per heavy atom. The van der Waals surface area contributed by atoms with Crippen molar-refractivity contribution in [3.63, 3.8) is 0 Å². The molecule has 7 heteroatoms. The van der Waals surface area contributed by atoms with Crippen LogP contribution in [0.1, 0.15) is 46.1 Å². The Morgan fingerprint density at radius 1 is 1.03 bits per heavy atom. The third kappa shape index (κ3) is 5.01. The summed E-state index contributed by atoms with van der Waals surface area (Å²) in [5.41, 5.74) is -0.0837. The highest BCUT2D eigenvalue weighted by Crippen LogP contribution is 2.31. The molecule has 1 aromatic carbocycles. The van der Waals surface area contributed by atoms with Gasteiger partial charge in [-0.25, -0.2) is 0 Å². The lowest BCUT2D eigenvalue weighted by atomic mass is 9.85. The fraction of sp³-hybridized carbons (Fsp3) is 0.652. The van der Waals surface area contributed by atoms with E-state index in [0.717, 1.165) is 38.0 Å². The number of Topliss-reactive ketones (excluding diaryl/α,β-unsaturated/α-hetero) is 1. The lowest BCUT2D eigenvalue weighted by Gasteiger charge is -2.54. The minimum absolute atomic E-state index is 0.0312. The summed E-state index contributed by atoms with van der Waals surface area (Å²) in [5.74, 6) is 0.0298. The molecule has 2 aliphatic rings. The van der Waals surface area contributed by atoms with E-state index >= 15 is 0 Å². The molecule has 0 unspecified atom stereocenters. The molecule has 2 heterocycles. The first-order valence-electron chi connectivity index (χ1n) is 10.8. The van der Waals surface area contributed by atoms with Gasteiger partial charge in [0.15, 0.2) is 5.78 Å². The molecule has 1 amide bonds. The average Bonchev–Trinajstić information content (AvgIpc) is 3.16.